The molecule has 2 heterocycles. The molecule has 23 heavy (non-hydrogen) atoms. The second-order valence-corrected chi connectivity index (χ2v) is 5.25. The van der Waals surface area contributed by atoms with E-state index in [0.717, 1.165) is 5.56 Å². The number of pyridine rings is 1. The fourth-order valence-corrected chi connectivity index (χ4v) is 2.52. The van der Waals surface area contributed by atoms with E-state index < -0.39 is 0 Å². The number of hydrogen-bond acceptors (Lipinski definition) is 4. The number of carbonyl (C=O) groups excluding carboxylic acids is 1. The summed E-state index contributed by atoms with van der Waals surface area (Å²) >= 11 is 0. The van der Waals surface area contributed by atoms with Gasteiger partial charge in [-0.2, -0.15) is 0 Å². The topological polar surface area (TPSA) is 51.7 Å². The molecular formula is C17H17FN2O3. The third-order valence-corrected chi connectivity index (χ3v) is 3.79. The van der Waals surface area contributed by atoms with Crippen LogP contribution in [0.4, 0.5) is 4.39 Å². The van der Waals surface area contributed by atoms with Crippen LogP contribution >= 0.6 is 0 Å². The quantitative estimate of drug-likeness (QED) is 0.873. The van der Waals surface area contributed by atoms with Gasteiger partial charge in [-0.1, -0.05) is 12.1 Å². The minimum Gasteiger partial charge on any atom is -0.481 e. The van der Waals surface area contributed by atoms with Gasteiger partial charge in [-0.3, -0.25) is 4.79 Å². The summed E-state index contributed by atoms with van der Waals surface area (Å²) in [6, 6.07) is 9.51. The van der Waals surface area contributed by atoms with E-state index >= 15 is 0 Å². The highest BCUT2D eigenvalue weighted by Crippen LogP contribution is 2.23. The van der Waals surface area contributed by atoms with Gasteiger partial charge in [0.05, 0.1) is 25.8 Å². The van der Waals surface area contributed by atoms with Gasteiger partial charge in [0.25, 0.3) is 5.91 Å². The summed E-state index contributed by atoms with van der Waals surface area (Å²) in [6.45, 7) is 1.39. The number of amides is 1. The highest BCUT2D eigenvalue weighted by molar-refractivity contribution is 5.94. The zero-order valence-corrected chi connectivity index (χ0v) is 12.7. The normalized spacial score (nSPS) is 17.8. The van der Waals surface area contributed by atoms with E-state index in [1.807, 2.05) is 0 Å². The molecule has 0 spiro atoms. The van der Waals surface area contributed by atoms with E-state index in [2.05, 4.69) is 4.98 Å². The first-order valence-corrected chi connectivity index (χ1v) is 7.34. The van der Waals surface area contributed by atoms with Crippen molar-refractivity contribution in [2.45, 2.75) is 6.10 Å². The van der Waals surface area contributed by atoms with Crippen molar-refractivity contribution >= 4 is 5.91 Å². The van der Waals surface area contributed by atoms with Crippen molar-refractivity contribution in [3.8, 4) is 5.88 Å². The lowest BCUT2D eigenvalue weighted by atomic mass is 10.1. The van der Waals surface area contributed by atoms with Crippen LogP contribution in [0.5, 0.6) is 5.88 Å². The highest BCUT2D eigenvalue weighted by atomic mass is 19.1. The lowest BCUT2D eigenvalue weighted by Crippen LogP contribution is -2.42. The summed E-state index contributed by atoms with van der Waals surface area (Å²) in [7, 11) is 1.53. The molecule has 1 fully saturated rings. The molecule has 1 aliphatic heterocycles. The molecule has 1 unspecified atom stereocenters. The van der Waals surface area contributed by atoms with Crippen LogP contribution in [0.2, 0.25) is 0 Å². The van der Waals surface area contributed by atoms with Gasteiger partial charge in [0.15, 0.2) is 0 Å². The monoisotopic (exact) mass is 316 g/mol. The minimum atomic E-state index is -0.290. The van der Waals surface area contributed by atoms with Crippen molar-refractivity contribution in [1.82, 2.24) is 9.88 Å². The summed E-state index contributed by atoms with van der Waals surface area (Å²) in [6.07, 6.45) is 1.25. The number of carbonyl (C=O) groups is 1. The molecule has 120 valence electrons. The molecule has 2 aromatic rings. The van der Waals surface area contributed by atoms with Crippen molar-refractivity contribution in [3.63, 3.8) is 0 Å². The van der Waals surface area contributed by atoms with E-state index in [0.29, 0.717) is 31.1 Å². The van der Waals surface area contributed by atoms with E-state index in [-0.39, 0.29) is 17.8 Å². The Hall–Kier alpha value is -2.47. The minimum absolute atomic E-state index is 0.101. The molecule has 1 aromatic carbocycles. The standard InChI is InChI=1S/C17H17FN2O3/c1-22-16-7-4-13(10-19-16)17(21)20-8-9-23-15(11-20)12-2-5-14(18)6-3-12/h2-7,10,15H,8-9,11H2,1H3. The lowest BCUT2D eigenvalue weighted by molar-refractivity contribution is -0.0228. The van der Waals surface area contributed by atoms with Gasteiger partial charge >= 0.3 is 0 Å². The van der Waals surface area contributed by atoms with E-state index in [1.165, 1.54) is 25.4 Å². The number of nitrogens with zero attached hydrogens (tertiary/aromatic N) is 2. The van der Waals surface area contributed by atoms with Crippen LogP contribution < -0.4 is 4.74 Å². The highest BCUT2D eigenvalue weighted by Gasteiger charge is 2.26. The van der Waals surface area contributed by atoms with Gasteiger partial charge < -0.3 is 14.4 Å². The maximum atomic E-state index is 13.0. The van der Waals surface area contributed by atoms with Crippen molar-refractivity contribution in [2.75, 3.05) is 26.8 Å². The van der Waals surface area contributed by atoms with Gasteiger partial charge in [0.1, 0.15) is 11.9 Å². The fourth-order valence-electron chi connectivity index (χ4n) is 2.52. The van der Waals surface area contributed by atoms with Crippen molar-refractivity contribution < 1.29 is 18.7 Å². The van der Waals surface area contributed by atoms with E-state index in [1.54, 1.807) is 29.2 Å². The molecule has 0 aliphatic carbocycles. The van der Waals surface area contributed by atoms with Crippen molar-refractivity contribution in [2.24, 2.45) is 0 Å². The molecule has 1 saturated heterocycles. The summed E-state index contributed by atoms with van der Waals surface area (Å²) in [4.78, 5) is 18.3. The Balaban J connectivity index is 1.72. The van der Waals surface area contributed by atoms with Crippen LogP contribution in [-0.4, -0.2) is 42.6 Å². The summed E-state index contributed by atoms with van der Waals surface area (Å²) in [5, 5.41) is 0. The van der Waals surface area contributed by atoms with Gasteiger partial charge in [-0.25, -0.2) is 9.37 Å². The first-order chi connectivity index (χ1) is 11.2. The van der Waals surface area contributed by atoms with Crippen LogP contribution in [0.1, 0.15) is 22.0 Å². The van der Waals surface area contributed by atoms with Crippen LogP contribution in [0, 0.1) is 5.82 Å². The fraction of sp³-hybridized carbons (Fsp3) is 0.294. The zero-order chi connectivity index (χ0) is 16.2. The molecular weight excluding hydrogens is 299 g/mol. The third kappa shape index (κ3) is 3.48. The maximum Gasteiger partial charge on any atom is 0.255 e. The molecule has 6 heteroatoms. The predicted molar refractivity (Wildman–Crippen MR) is 81.8 cm³/mol. The van der Waals surface area contributed by atoms with Gasteiger partial charge in [-0.15, -0.1) is 0 Å². The SMILES string of the molecule is COc1ccc(C(=O)N2CCOC(c3ccc(F)cc3)C2)cn1. The smallest absolute Gasteiger partial charge is 0.255 e. The predicted octanol–water partition coefficient (Wildman–Crippen LogP) is 2.44. The molecule has 1 amide bonds. The molecule has 0 bridgehead atoms. The Kier molecular flexibility index (Phi) is 4.52. The third-order valence-electron chi connectivity index (χ3n) is 3.79. The van der Waals surface area contributed by atoms with Gasteiger partial charge in [-0.05, 0) is 23.8 Å². The van der Waals surface area contributed by atoms with Crippen molar-refractivity contribution in [3.05, 3.63) is 59.5 Å². The Morgan fingerprint density at radius 2 is 2.09 bits per heavy atom. The molecule has 1 aromatic heterocycles. The van der Waals surface area contributed by atoms with Gasteiger partial charge in [0.2, 0.25) is 5.88 Å². The Labute approximate surface area is 133 Å². The molecule has 5 nitrogen and oxygen atoms in total. The lowest BCUT2D eigenvalue weighted by Gasteiger charge is -2.33. The number of aromatic nitrogens is 1. The Bertz CT molecular complexity index is 673. The number of halogens is 1. The zero-order valence-electron chi connectivity index (χ0n) is 12.7. The number of morpholine rings is 1. The second kappa shape index (κ2) is 6.75. The number of methoxy groups -OCH3 is 1. The molecule has 0 radical (unpaired) electrons. The molecule has 3 rings (SSSR count). The molecule has 0 saturated carbocycles. The summed E-state index contributed by atoms with van der Waals surface area (Å²) < 4.78 is 23.7. The number of benzene rings is 1. The van der Waals surface area contributed by atoms with Gasteiger partial charge in [0, 0.05) is 18.8 Å². The number of ether oxygens (including phenoxy) is 2. The largest absolute Gasteiger partial charge is 0.481 e. The van der Waals surface area contributed by atoms with E-state index in [9.17, 15) is 9.18 Å². The maximum absolute atomic E-state index is 13.0. The molecule has 1 aliphatic rings. The van der Waals surface area contributed by atoms with Crippen LogP contribution in [0.3, 0.4) is 0 Å². The Morgan fingerprint density at radius 1 is 1.30 bits per heavy atom. The first kappa shape index (κ1) is 15.4. The number of hydrogen-bond donors (Lipinski definition) is 0. The van der Waals surface area contributed by atoms with E-state index in [4.69, 9.17) is 9.47 Å². The number of rotatable bonds is 3. The van der Waals surface area contributed by atoms with Crippen LogP contribution in [-0.2, 0) is 4.74 Å². The summed E-state index contributed by atoms with van der Waals surface area (Å²) in [5.74, 6) is 0.0741. The van der Waals surface area contributed by atoms with Crippen LogP contribution in [0.25, 0.3) is 0 Å². The van der Waals surface area contributed by atoms with Crippen LogP contribution in [0.15, 0.2) is 42.6 Å². The molecule has 1 atom stereocenters. The van der Waals surface area contributed by atoms with Crippen molar-refractivity contribution in [1.29, 1.82) is 0 Å². The molecule has 0 N–H and O–H groups in total. The average Bonchev–Trinajstić information content (AvgIpc) is 2.62. The average molecular weight is 316 g/mol. The Morgan fingerprint density at radius 3 is 2.74 bits per heavy atom. The first-order valence-electron chi connectivity index (χ1n) is 7.34. The summed E-state index contributed by atoms with van der Waals surface area (Å²) in [5.41, 5.74) is 1.36. The second-order valence-electron chi connectivity index (χ2n) is 5.25.